The van der Waals surface area contributed by atoms with E-state index in [0.29, 0.717) is 40.6 Å². The molecule has 0 saturated carbocycles. The van der Waals surface area contributed by atoms with E-state index in [1.54, 1.807) is 18.2 Å². The summed E-state index contributed by atoms with van der Waals surface area (Å²) in [6.45, 7) is 4.71. The van der Waals surface area contributed by atoms with Crippen molar-refractivity contribution in [1.82, 2.24) is 9.88 Å². The number of para-hydroxylation sites is 3. The van der Waals surface area contributed by atoms with Gasteiger partial charge < -0.3 is 19.9 Å². The number of nitrogens with one attached hydrogen (secondary N) is 2. The molecule has 2 N–H and O–H groups in total. The number of anilines is 1. The molecule has 0 atom stereocenters. The van der Waals surface area contributed by atoms with E-state index >= 15 is 0 Å². The van der Waals surface area contributed by atoms with Crippen LogP contribution in [-0.4, -0.2) is 37.9 Å². The predicted octanol–water partition coefficient (Wildman–Crippen LogP) is 4.99. The predicted molar refractivity (Wildman–Crippen MR) is 139 cm³/mol. The molecule has 0 aliphatic rings. The number of carbonyl (C=O) groups excluding carboxylic acids is 1. The Hall–Kier alpha value is -3.78. The molecular weight excluding hydrogens is 462 g/mol. The molecule has 0 aliphatic carbocycles. The van der Waals surface area contributed by atoms with E-state index in [0.717, 1.165) is 11.1 Å². The first-order chi connectivity index (χ1) is 16.9. The Labute approximate surface area is 205 Å². The molecule has 1 aromatic heterocycles. The Bertz CT molecular complexity index is 1430. The highest BCUT2D eigenvalue weighted by Crippen LogP contribution is 2.31. The molecule has 0 spiro atoms. The maximum absolute atomic E-state index is 13.4. The average Bonchev–Trinajstić information content (AvgIpc) is 3.13. The summed E-state index contributed by atoms with van der Waals surface area (Å²) in [7, 11) is -3.66. The van der Waals surface area contributed by atoms with Crippen LogP contribution in [0.5, 0.6) is 5.75 Å². The molecule has 3 aromatic carbocycles. The zero-order chi connectivity index (χ0) is 24.8. The van der Waals surface area contributed by atoms with Gasteiger partial charge in [0.15, 0.2) is 9.84 Å². The Kier molecular flexibility index (Phi) is 7.41. The topological polar surface area (TPSA) is 89.4 Å². The minimum absolute atomic E-state index is 0.0252. The van der Waals surface area contributed by atoms with Crippen molar-refractivity contribution in [3.63, 3.8) is 0 Å². The minimum Gasteiger partial charge on any atom is -0.492 e. The van der Waals surface area contributed by atoms with Crippen molar-refractivity contribution in [2.24, 2.45) is 0 Å². The standard InChI is InChI=1S/C27H29N3O4S/c1-3-34-25-16-10-8-14-23(25)29-27(31)28-17-18-35(32,33)26-20(2)30(19-21-11-5-4-6-12-21)24-15-9-7-13-22(24)26/h4-16H,3,17-19H2,1-2H3,(H2,28,29,31). The first kappa shape index (κ1) is 24.3. The summed E-state index contributed by atoms with van der Waals surface area (Å²) in [4.78, 5) is 12.7. The zero-order valence-corrected chi connectivity index (χ0v) is 20.6. The number of nitrogens with zero attached hydrogens (tertiary/aromatic N) is 1. The quantitative estimate of drug-likeness (QED) is 0.345. The van der Waals surface area contributed by atoms with Gasteiger partial charge in [-0.3, -0.25) is 0 Å². The van der Waals surface area contributed by atoms with Crippen LogP contribution in [0.4, 0.5) is 10.5 Å². The maximum atomic E-state index is 13.4. The van der Waals surface area contributed by atoms with Crippen LogP contribution in [0.1, 0.15) is 18.2 Å². The summed E-state index contributed by atoms with van der Waals surface area (Å²) < 4.78 is 34.4. The number of urea groups is 1. The van der Waals surface area contributed by atoms with Crippen LogP contribution in [0.2, 0.25) is 0 Å². The highest BCUT2D eigenvalue weighted by molar-refractivity contribution is 7.91. The monoisotopic (exact) mass is 491 g/mol. The largest absolute Gasteiger partial charge is 0.492 e. The Morgan fingerprint density at radius 3 is 2.40 bits per heavy atom. The van der Waals surface area contributed by atoms with Crippen LogP contribution in [0.3, 0.4) is 0 Å². The fourth-order valence-corrected chi connectivity index (χ4v) is 5.82. The van der Waals surface area contributed by atoms with E-state index in [-0.39, 0.29) is 12.3 Å². The molecule has 0 fully saturated rings. The van der Waals surface area contributed by atoms with Crippen molar-refractivity contribution in [2.75, 3.05) is 24.2 Å². The van der Waals surface area contributed by atoms with Gasteiger partial charge in [0.25, 0.3) is 0 Å². The summed E-state index contributed by atoms with van der Waals surface area (Å²) in [5, 5.41) is 6.06. The number of hydrogen-bond donors (Lipinski definition) is 2. The molecule has 0 bridgehead atoms. The fraction of sp³-hybridized carbons (Fsp3) is 0.222. The third kappa shape index (κ3) is 5.49. The summed E-state index contributed by atoms with van der Waals surface area (Å²) in [6.07, 6.45) is 0. The van der Waals surface area contributed by atoms with Crippen LogP contribution >= 0.6 is 0 Å². The van der Waals surface area contributed by atoms with Crippen LogP contribution in [-0.2, 0) is 16.4 Å². The smallest absolute Gasteiger partial charge is 0.319 e. The molecule has 7 nitrogen and oxygen atoms in total. The van der Waals surface area contributed by atoms with E-state index in [4.69, 9.17) is 4.74 Å². The number of carbonyl (C=O) groups is 1. The van der Waals surface area contributed by atoms with Gasteiger partial charge in [-0.25, -0.2) is 13.2 Å². The number of hydrogen-bond acceptors (Lipinski definition) is 4. The summed E-state index contributed by atoms with van der Waals surface area (Å²) in [6, 6.07) is 24.1. The first-order valence-corrected chi connectivity index (χ1v) is 13.2. The highest BCUT2D eigenvalue weighted by Gasteiger charge is 2.25. The lowest BCUT2D eigenvalue weighted by atomic mass is 10.2. The molecule has 4 aromatic rings. The van der Waals surface area contributed by atoms with E-state index in [2.05, 4.69) is 10.6 Å². The molecule has 8 heteroatoms. The SMILES string of the molecule is CCOc1ccccc1NC(=O)NCCS(=O)(=O)c1c(C)n(Cc2ccccc2)c2ccccc12. The Morgan fingerprint density at radius 2 is 1.63 bits per heavy atom. The zero-order valence-electron chi connectivity index (χ0n) is 19.8. The molecule has 35 heavy (non-hydrogen) atoms. The lowest BCUT2D eigenvalue weighted by molar-refractivity contribution is 0.252. The van der Waals surface area contributed by atoms with Gasteiger partial charge in [0.2, 0.25) is 0 Å². The third-order valence-electron chi connectivity index (χ3n) is 5.76. The van der Waals surface area contributed by atoms with Crippen LogP contribution in [0, 0.1) is 6.92 Å². The summed E-state index contributed by atoms with van der Waals surface area (Å²) in [5.74, 6) is 0.341. The molecule has 4 rings (SSSR count). The van der Waals surface area contributed by atoms with E-state index in [1.807, 2.05) is 79.1 Å². The number of fused-ring (bicyclic) bond motifs is 1. The van der Waals surface area contributed by atoms with Crippen molar-refractivity contribution in [3.05, 3.63) is 90.1 Å². The molecule has 0 radical (unpaired) electrons. The second-order valence-corrected chi connectivity index (χ2v) is 10.2. The van der Waals surface area contributed by atoms with E-state index < -0.39 is 15.9 Å². The molecule has 2 amide bonds. The Balaban J connectivity index is 1.50. The highest BCUT2D eigenvalue weighted by atomic mass is 32.2. The van der Waals surface area contributed by atoms with Crippen LogP contribution < -0.4 is 15.4 Å². The lowest BCUT2D eigenvalue weighted by Crippen LogP contribution is -2.33. The van der Waals surface area contributed by atoms with Crippen molar-refractivity contribution < 1.29 is 17.9 Å². The number of sulfone groups is 1. The van der Waals surface area contributed by atoms with Gasteiger partial charge in [-0.1, -0.05) is 60.7 Å². The van der Waals surface area contributed by atoms with Gasteiger partial charge >= 0.3 is 6.03 Å². The molecule has 182 valence electrons. The number of benzene rings is 3. The maximum Gasteiger partial charge on any atom is 0.319 e. The number of ether oxygens (including phenoxy) is 1. The second-order valence-electron chi connectivity index (χ2n) is 8.13. The lowest BCUT2D eigenvalue weighted by Gasteiger charge is -2.12. The van der Waals surface area contributed by atoms with Gasteiger partial charge in [0.05, 0.1) is 22.9 Å². The molecule has 0 aliphatic heterocycles. The second kappa shape index (κ2) is 10.7. The number of aromatic nitrogens is 1. The summed E-state index contributed by atoms with van der Waals surface area (Å²) in [5.41, 5.74) is 3.16. The van der Waals surface area contributed by atoms with Gasteiger partial charge in [-0.15, -0.1) is 0 Å². The van der Waals surface area contributed by atoms with E-state index in [9.17, 15) is 13.2 Å². The minimum atomic E-state index is -3.66. The normalized spacial score (nSPS) is 11.4. The van der Waals surface area contributed by atoms with E-state index in [1.165, 1.54) is 0 Å². The number of rotatable bonds is 9. The molecule has 0 saturated heterocycles. The molecule has 1 heterocycles. The van der Waals surface area contributed by atoms with Gasteiger partial charge in [-0.2, -0.15) is 0 Å². The van der Waals surface area contributed by atoms with Gasteiger partial charge in [-0.05, 0) is 37.6 Å². The summed E-state index contributed by atoms with van der Waals surface area (Å²) >= 11 is 0. The van der Waals surface area contributed by atoms with Crippen molar-refractivity contribution in [1.29, 1.82) is 0 Å². The van der Waals surface area contributed by atoms with Crippen molar-refractivity contribution in [2.45, 2.75) is 25.3 Å². The van der Waals surface area contributed by atoms with Crippen LogP contribution in [0.25, 0.3) is 10.9 Å². The van der Waals surface area contributed by atoms with Crippen LogP contribution in [0.15, 0.2) is 83.8 Å². The Morgan fingerprint density at radius 1 is 0.943 bits per heavy atom. The van der Waals surface area contributed by atoms with Gasteiger partial charge in [0, 0.05) is 29.7 Å². The third-order valence-corrected chi connectivity index (χ3v) is 7.64. The molecular formula is C27H29N3O4S. The average molecular weight is 492 g/mol. The first-order valence-electron chi connectivity index (χ1n) is 11.5. The molecule has 0 unspecified atom stereocenters. The number of amides is 2. The van der Waals surface area contributed by atoms with Gasteiger partial charge in [0.1, 0.15) is 5.75 Å². The van der Waals surface area contributed by atoms with Crippen molar-refractivity contribution in [3.8, 4) is 5.75 Å². The van der Waals surface area contributed by atoms with Crippen molar-refractivity contribution >= 4 is 32.5 Å². The fourth-order valence-electron chi connectivity index (χ4n) is 4.18.